The summed E-state index contributed by atoms with van der Waals surface area (Å²) in [6.45, 7) is 0.978. The van der Waals surface area contributed by atoms with Crippen LogP contribution in [-0.4, -0.2) is 37.0 Å². The highest BCUT2D eigenvalue weighted by atomic mass is 16.5. The lowest BCUT2D eigenvalue weighted by Gasteiger charge is -2.07. The lowest BCUT2D eigenvalue weighted by atomic mass is 10.2. The van der Waals surface area contributed by atoms with Gasteiger partial charge >= 0.3 is 0 Å². The van der Waals surface area contributed by atoms with Crippen LogP contribution in [0.15, 0.2) is 48.8 Å². The molecule has 0 aliphatic carbocycles. The standard InChI is InChI=1S/C17H19N3O3/c1-23-15-5-3-13(4-6-15)16(21)19-9-2-10-20-17(22)14-7-11-18-12-8-14/h3-8,11-12H,2,9-10H2,1H3,(H,19,21)(H,20,22). The summed E-state index contributed by atoms with van der Waals surface area (Å²) in [4.78, 5) is 27.6. The first kappa shape index (κ1) is 16.5. The molecule has 1 heterocycles. The van der Waals surface area contributed by atoms with E-state index in [-0.39, 0.29) is 11.8 Å². The molecule has 1 aromatic heterocycles. The SMILES string of the molecule is COc1ccc(C(=O)NCCCNC(=O)c2ccncc2)cc1. The summed E-state index contributed by atoms with van der Waals surface area (Å²) in [5.41, 5.74) is 1.15. The third-order valence-electron chi connectivity index (χ3n) is 3.22. The normalized spacial score (nSPS) is 9.96. The molecule has 0 saturated carbocycles. The number of hydrogen-bond acceptors (Lipinski definition) is 4. The van der Waals surface area contributed by atoms with Crippen molar-refractivity contribution in [1.29, 1.82) is 0 Å². The predicted octanol–water partition coefficient (Wildman–Crippen LogP) is 1.64. The fourth-order valence-corrected chi connectivity index (χ4v) is 1.94. The Bertz CT molecular complexity index is 642. The van der Waals surface area contributed by atoms with Gasteiger partial charge in [-0.1, -0.05) is 0 Å². The molecule has 6 heteroatoms. The van der Waals surface area contributed by atoms with Crippen LogP contribution in [0, 0.1) is 0 Å². The molecule has 6 nitrogen and oxygen atoms in total. The van der Waals surface area contributed by atoms with Crippen molar-refractivity contribution in [3.05, 3.63) is 59.9 Å². The molecule has 0 radical (unpaired) electrons. The Kier molecular flexibility index (Phi) is 6.11. The zero-order valence-electron chi connectivity index (χ0n) is 12.9. The van der Waals surface area contributed by atoms with E-state index in [1.54, 1.807) is 55.9 Å². The molecule has 2 N–H and O–H groups in total. The van der Waals surface area contributed by atoms with Gasteiger partial charge in [-0.05, 0) is 42.8 Å². The van der Waals surface area contributed by atoms with Gasteiger partial charge in [-0.15, -0.1) is 0 Å². The van der Waals surface area contributed by atoms with Gasteiger partial charge in [0.15, 0.2) is 0 Å². The molecule has 1 aromatic carbocycles. The summed E-state index contributed by atoms with van der Waals surface area (Å²) < 4.78 is 5.05. The highest BCUT2D eigenvalue weighted by Gasteiger charge is 2.06. The van der Waals surface area contributed by atoms with Crippen LogP contribution in [0.4, 0.5) is 0 Å². The molecule has 0 spiro atoms. The Hall–Kier alpha value is -2.89. The number of methoxy groups -OCH3 is 1. The van der Waals surface area contributed by atoms with Crippen LogP contribution >= 0.6 is 0 Å². The summed E-state index contributed by atoms with van der Waals surface area (Å²) in [7, 11) is 1.58. The van der Waals surface area contributed by atoms with E-state index in [1.807, 2.05) is 0 Å². The van der Waals surface area contributed by atoms with Crippen molar-refractivity contribution in [3.63, 3.8) is 0 Å². The Morgan fingerprint density at radius 3 is 1.96 bits per heavy atom. The minimum Gasteiger partial charge on any atom is -0.497 e. The monoisotopic (exact) mass is 313 g/mol. The molecule has 0 atom stereocenters. The number of benzene rings is 1. The van der Waals surface area contributed by atoms with E-state index < -0.39 is 0 Å². The third-order valence-corrected chi connectivity index (χ3v) is 3.22. The number of amides is 2. The fraction of sp³-hybridized carbons (Fsp3) is 0.235. The molecule has 0 unspecified atom stereocenters. The van der Waals surface area contributed by atoms with Crippen molar-refractivity contribution >= 4 is 11.8 Å². The zero-order chi connectivity index (χ0) is 16.5. The third kappa shape index (κ3) is 5.10. The minimum absolute atomic E-state index is 0.145. The maximum absolute atomic E-state index is 11.9. The second-order valence-electron chi connectivity index (χ2n) is 4.83. The quantitative estimate of drug-likeness (QED) is 0.762. The number of rotatable bonds is 7. The van der Waals surface area contributed by atoms with E-state index in [1.165, 1.54) is 0 Å². The molecule has 0 aliphatic rings. The van der Waals surface area contributed by atoms with Gasteiger partial charge in [0.1, 0.15) is 5.75 Å². The first-order valence-corrected chi connectivity index (χ1v) is 7.31. The number of carbonyl (C=O) groups excluding carboxylic acids is 2. The van der Waals surface area contributed by atoms with E-state index in [0.29, 0.717) is 36.4 Å². The van der Waals surface area contributed by atoms with Gasteiger partial charge in [0.2, 0.25) is 0 Å². The Morgan fingerprint density at radius 2 is 1.43 bits per heavy atom. The van der Waals surface area contributed by atoms with Crippen LogP contribution in [0.3, 0.4) is 0 Å². The number of hydrogen-bond donors (Lipinski definition) is 2. The minimum atomic E-state index is -0.145. The van der Waals surface area contributed by atoms with Crippen molar-refractivity contribution in [2.24, 2.45) is 0 Å². The number of aromatic nitrogens is 1. The lowest BCUT2D eigenvalue weighted by Crippen LogP contribution is -2.29. The van der Waals surface area contributed by atoms with Gasteiger partial charge in [0.05, 0.1) is 7.11 Å². The van der Waals surface area contributed by atoms with Crippen LogP contribution in [0.5, 0.6) is 5.75 Å². The molecule has 2 amide bonds. The molecular formula is C17H19N3O3. The van der Waals surface area contributed by atoms with Crippen molar-refractivity contribution in [2.75, 3.05) is 20.2 Å². The molecule has 0 bridgehead atoms. The van der Waals surface area contributed by atoms with Gasteiger partial charge in [0, 0.05) is 36.6 Å². The molecule has 23 heavy (non-hydrogen) atoms. The van der Waals surface area contributed by atoms with Crippen LogP contribution < -0.4 is 15.4 Å². The second kappa shape index (κ2) is 8.53. The lowest BCUT2D eigenvalue weighted by molar-refractivity contribution is 0.0951. The first-order chi connectivity index (χ1) is 11.2. The maximum atomic E-state index is 11.9. The number of nitrogens with zero attached hydrogens (tertiary/aromatic N) is 1. The van der Waals surface area contributed by atoms with Crippen LogP contribution in [0.25, 0.3) is 0 Å². The largest absolute Gasteiger partial charge is 0.497 e. The average molecular weight is 313 g/mol. The van der Waals surface area contributed by atoms with E-state index in [2.05, 4.69) is 15.6 Å². The van der Waals surface area contributed by atoms with Crippen LogP contribution in [0.2, 0.25) is 0 Å². The summed E-state index contributed by atoms with van der Waals surface area (Å²) in [5, 5.41) is 5.60. The smallest absolute Gasteiger partial charge is 0.251 e. The van der Waals surface area contributed by atoms with E-state index in [0.717, 1.165) is 0 Å². The van der Waals surface area contributed by atoms with E-state index in [4.69, 9.17) is 4.74 Å². The van der Waals surface area contributed by atoms with Crippen molar-refractivity contribution in [2.45, 2.75) is 6.42 Å². The Labute approximate surface area is 134 Å². The van der Waals surface area contributed by atoms with Crippen LogP contribution in [-0.2, 0) is 0 Å². The van der Waals surface area contributed by atoms with Crippen molar-refractivity contribution in [1.82, 2.24) is 15.6 Å². The van der Waals surface area contributed by atoms with Gasteiger partial charge < -0.3 is 15.4 Å². The topological polar surface area (TPSA) is 80.3 Å². The van der Waals surface area contributed by atoms with Crippen LogP contribution in [0.1, 0.15) is 27.1 Å². The molecule has 0 fully saturated rings. The number of ether oxygens (including phenoxy) is 1. The zero-order valence-corrected chi connectivity index (χ0v) is 12.9. The Morgan fingerprint density at radius 1 is 0.913 bits per heavy atom. The molecular weight excluding hydrogens is 294 g/mol. The summed E-state index contributed by atoms with van der Waals surface area (Å²) in [6, 6.07) is 10.2. The molecule has 2 rings (SSSR count). The molecule has 2 aromatic rings. The maximum Gasteiger partial charge on any atom is 0.251 e. The fourth-order valence-electron chi connectivity index (χ4n) is 1.94. The van der Waals surface area contributed by atoms with Gasteiger partial charge in [0.25, 0.3) is 11.8 Å². The highest BCUT2D eigenvalue weighted by molar-refractivity contribution is 5.94. The second-order valence-corrected chi connectivity index (χ2v) is 4.83. The molecule has 0 saturated heterocycles. The average Bonchev–Trinajstić information content (AvgIpc) is 2.62. The first-order valence-electron chi connectivity index (χ1n) is 7.31. The molecule has 120 valence electrons. The predicted molar refractivity (Wildman–Crippen MR) is 86.5 cm³/mol. The van der Waals surface area contributed by atoms with Crippen molar-refractivity contribution < 1.29 is 14.3 Å². The number of pyridine rings is 1. The number of carbonyl (C=O) groups is 2. The summed E-state index contributed by atoms with van der Waals surface area (Å²) in [6.07, 6.45) is 3.80. The summed E-state index contributed by atoms with van der Waals surface area (Å²) in [5.74, 6) is 0.419. The van der Waals surface area contributed by atoms with Crippen molar-refractivity contribution in [3.8, 4) is 5.75 Å². The van der Waals surface area contributed by atoms with Gasteiger partial charge in [-0.25, -0.2) is 0 Å². The molecule has 0 aliphatic heterocycles. The van der Waals surface area contributed by atoms with Gasteiger partial charge in [-0.3, -0.25) is 14.6 Å². The van der Waals surface area contributed by atoms with E-state index in [9.17, 15) is 9.59 Å². The number of nitrogens with one attached hydrogen (secondary N) is 2. The Balaban J connectivity index is 1.67. The summed E-state index contributed by atoms with van der Waals surface area (Å²) >= 11 is 0. The van der Waals surface area contributed by atoms with E-state index >= 15 is 0 Å². The highest BCUT2D eigenvalue weighted by Crippen LogP contribution is 2.10. The van der Waals surface area contributed by atoms with Gasteiger partial charge in [-0.2, -0.15) is 0 Å².